The molecule has 1 aromatic heterocycles. The summed E-state index contributed by atoms with van der Waals surface area (Å²) in [5.41, 5.74) is 1.39. The zero-order valence-corrected chi connectivity index (χ0v) is 11.3. The summed E-state index contributed by atoms with van der Waals surface area (Å²) in [5, 5.41) is 8.70. The summed E-state index contributed by atoms with van der Waals surface area (Å²) in [4.78, 5) is 16.4. The summed E-state index contributed by atoms with van der Waals surface area (Å²) < 4.78 is 37.9. The Morgan fingerprint density at radius 2 is 2.10 bits per heavy atom. The van der Waals surface area contributed by atoms with Gasteiger partial charge in [-0.15, -0.1) is 0 Å². The first-order valence-corrected chi connectivity index (χ1v) is 6.18. The molecular formula is C13H17F3N2O2. The largest absolute Gasteiger partial charge is 0.481 e. The number of carboxylic acids is 1. The molecule has 0 aromatic carbocycles. The molecule has 1 unspecified atom stereocenters. The fourth-order valence-corrected chi connectivity index (χ4v) is 1.80. The van der Waals surface area contributed by atoms with Gasteiger partial charge in [0.25, 0.3) is 0 Å². The predicted molar refractivity (Wildman–Crippen MR) is 67.1 cm³/mol. The Morgan fingerprint density at radius 3 is 2.55 bits per heavy atom. The number of alkyl halides is 3. The number of aryl methyl sites for hydroxylation is 1. The number of hydrogen-bond donors (Lipinski definition) is 1. The lowest BCUT2D eigenvalue weighted by molar-refractivity contribution is -0.196. The maximum atomic E-state index is 12.6. The van der Waals surface area contributed by atoms with E-state index in [0.717, 1.165) is 5.69 Å². The van der Waals surface area contributed by atoms with Crippen molar-refractivity contribution < 1.29 is 23.1 Å². The van der Waals surface area contributed by atoms with Crippen LogP contribution in [0.3, 0.4) is 0 Å². The summed E-state index contributed by atoms with van der Waals surface area (Å²) in [6.45, 7) is 3.40. The zero-order valence-electron chi connectivity index (χ0n) is 11.3. The van der Waals surface area contributed by atoms with E-state index in [1.165, 1.54) is 4.90 Å². The van der Waals surface area contributed by atoms with E-state index in [-0.39, 0.29) is 6.54 Å². The molecular weight excluding hydrogens is 273 g/mol. The van der Waals surface area contributed by atoms with Crippen molar-refractivity contribution in [3.05, 3.63) is 29.6 Å². The monoisotopic (exact) mass is 290 g/mol. The van der Waals surface area contributed by atoms with E-state index in [4.69, 9.17) is 5.11 Å². The van der Waals surface area contributed by atoms with E-state index >= 15 is 0 Å². The maximum Gasteiger partial charge on any atom is 0.403 e. The molecule has 0 saturated carbocycles. The van der Waals surface area contributed by atoms with Crippen LogP contribution in [0.5, 0.6) is 0 Å². The highest BCUT2D eigenvalue weighted by molar-refractivity contribution is 5.71. The van der Waals surface area contributed by atoms with Crippen LogP contribution in [0.4, 0.5) is 13.2 Å². The van der Waals surface area contributed by atoms with Crippen molar-refractivity contribution in [3.8, 4) is 0 Å². The minimum absolute atomic E-state index is 0.192. The normalized spacial score (nSPS) is 13.5. The van der Waals surface area contributed by atoms with E-state index in [0.29, 0.717) is 12.2 Å². The lowest BCUT2D eigenvalue weighted by Crippen LogP contribution is -2.41. The molecule has 0 aliphatic rings. The molecule has 1 N–H and O–H groups in total. The molecule has 0 radical (unpaired) electrons. The number of pyridine rings is 1. The van der Waals surface area contributed by atoms with Gasteiger partial charge in [0.05, 0.1) is 5.69 Å². The second kappa shape index (κ2) is 6.69. The third kappa shape index (κ3) is 4.80. The molecule has 0 spiro atoms. The zero-order chi connectivity index (χ0) is 15.3. The van der Waals surface area contributed by atoms with E-state index in [2.05, 4.69) is 4.98 Å². The fourth-order valence-electron chi connectivity index (χ4n) is 1.80. The number of rotatable bonds is 6. The molecule has 4 nitrogen and oxygen atoms in total. The third-order valence-corrected chi connectivity index (χ3v) is 2.91. The molecule has 1 rings (SSSR count). The third-order valence-electron chi connectivity index (χ3n) is 2.91. The Morgan fingerprint density at radius 1 is 1.45 bits per heavy atom. The SMILES string of the molecule is CCN(Cc1cccc(C)n1)CC(C(=O)O)C(F)(F)F. The summed E-state index contributed by atoms with van der Waals surface area (Å²) >= 11 is 0. The van der Waals surface area contributed by atoms with Gasteiger partial charge in [-0.25, -0.2) is 0 Å². The number of nitrogens with zero attached hydrogens (tertiary/aromatic N) is 2. The van der Waals surface area contributed by atoms with Crippen molar-refractivity contribution >= 4 is 5.97 Å². The van der Waals surface area contributed by atoms with Crippen LogP contribution in [0.25, 0.3) is 0 Å². The van der Waals surface area contributed by atoms with E-state index < -0.39 is 24.6 Å². The molecule has 112 valence electrons. The van der Waals surface area contributed by atoms with Crippen LogP contribution >= 0.6 is 0 Å². The van der Waals surface area contributed by atoms with Gasteiger partial charge in [0.15, 0.2) is 5.92 Å². The summed E-state index contributed by atoms with van der Waals surface area (Å²) in [6.07, 6.45) is -4.75. The first-order valence-electron chi connectivity index (χ1n) is 6.18. The molecule has 0 saturated heterocycles. The van der Waals surface area contributed by atoms with Crippen molar-refractivity contribution in [3.63, 3.8) is 0 Å². The maximum absolute atomic E-state index is 12.6. The summed E-state index contributed by atoms with van der Waals surface area (Å²) in [6, 6.07) is 5.26. The highest BCUT2D eigenvalue weighted by Crippen LogP contribution is 2.27. The van der Waals surface area contributed by atoms with Crippen LogP contribution in [0.2, 0.25) is 0 Å². The van der Waals surface area contributed by atoms with Gasteiger partial charge in [-0.05, 0) is 25.6 Å². The lowest BCUT2D eigenvalue weighted by atomic mass is 10.1. The Kier molecular flexibility index (Phi) is 5.50. The molecule has 1 aromatic rings. The summed E-state index contributed by atoms with van der Waals surface area (Å²) in [5.74, 6) is -4.24. The average Bonchev–Trinajstić information content (AvgIpc) is 2.32. The molecule has 0 fully saturated rings. The first kappa shape index (κ1) is 16.4. The quantitative estimate of drug-likeness (QED) is 0.874. The van der Waals surface area contributed by atoms with Crippen LogP contribution in [-0.4, -0.2) is 40.2 Å². The Labute approximate surface area is 115 Å². The van der Waals surface area contributed by atoms with Crippen molar-refractivity contribution in [2.45, 2.75) is 26.6 Å². The van der Waals surface area contributed by atoms with Crippen molar-refractivity contribution in [2.24, 2.45) is 5.92 Å². The van der Waals surface area contributed by atoms with Gasteiger partial charge in [-0.3, -0.25) is 14.7 Å². The van der Waals surface area contributed by atoms with Gasteiger partial charge < -0.3 is 5.11 Å². The second-order valence-electron chi connectivity index (χ2n) is 4.53. The number of aromatic nitrogens is 1. The van der Waals surface area contributed by atoms with Crippen LogP contribution in [0.15, 0.2) is 18.2 Å². The first-order chi connectivity index (χ1) is 9.24. The molecule has 20 heavy (non-hydrogen) atoms. The van der Waals surface area contributed by atoms with Crippen LogP contribution in [-0.2, 0) is 11.3 Å². The standard InChI is InChI=1S/C13H17F3N2O2/c1-3-18(7-10-6-4-5-9(2)17-10)8-11(12(19)20)13(14,15)16/h4-6,11H,3,7-8H2,1-2H3,(H,19,20). The van der Waals surface area contributed by atoms with Gasteiger partial charge in [0.2, 0.25) is 0 Å². The van der Waals surface area contributed by atoms with Crippen molar-refractivity contribution in [2.75, 3.05) is 13.1 Å². The van der Waals surface area contributed by atoms with Crippen molar-refractivity contribution in [1.82, 2.24) is 9.88 Å². The Bertz CT molecular complexity index is 463. The number of carboxylic acid groups (broad SMARTS) is 1. The highest BCUT2D eigenvalue weighted by atomic mass is 19.4. The van der Waals surface area contributed by atoms with Gasteiger partial charge in [-0.1, -0.05) is 13.0 Å². The molecule has 7 heteroatoms. The van der Waals surface area contributed by atoms with Gasteiger partial charge >= 0.3 is 12.1 Å². The van der Waals surface area contributed by atoms with E-state index in [9.17, 15) is 18.0 Å². The Balaban J connectivity index is 2.78. The molecule has 0 aliphatic carbocycles. The molecule has 1 atom stereocenters. The Hall–Kier alpha value is -1.63. The molecule has 0 aliphatic heterocycles. The van der Waals surface area contributed by atoms with Crippen LogP contribution < -0.4 is 0 Å². The van der Waals surface area contributed by atoms with Crippen molar-refractivity contribution in [1.29, 1.82) is 0 Å². The molecule has 1 heterocycles. The molecule has 0 amide bonds. The summed E-state index contributed by atoms with van der Waals surface area (Å²) in [7, 11) is 0. The molecule has 0 bridgehead atoms. The van der Waals surface area contributed by atoms with E-state index in [1.54, 1.807) is 32.0 Å². The highest BCUT2D eigenvalue weighted by Gasteiger charge is 2.45. The van der Waals surface area contributed by atoms with Gasteiger partial charge in [0.1, 0.15) is 0 Å². The number of aliphatic carboxylic acids is 1. The average molecular weight is 290 g/mol. The lowest BCUT2D eigenvalue weighted by Gasteiger charge is -2.25. The number of halogens is 3. The van der Waals surface area contributed by atoms with Crippen LogP contribution in [0.1, 0.15) is 18.3 Å². The second-order valence-corrected chi connectivity index (χ2v) is 4.53. The number of hydrogen-bond acceptors (Lipinski definition) is 3. The van der Waals surface area contributed by atoms with Gasteiger partial charge in [0, 0.05) is 18.8 Å². The minimum Gasteiger partial charge on any atom is -0.481 e. The van der Waals surface area contributed by atoms with Gasteiger partial charge in [-0.2, -0.15) is 13.2 Å². The minimum atomic E-state index is -4.75. The number of carbonyl (C=O) groups is 1. The van der Waals surface area contributed by atoms with E-state index in [1.807, 2.05) is 0 Å². The smallest absolute Gasteiger partial charge is 0.403 e. The fraction of sp³-hybridized carbons (Fsp3) is 0.538. The van der Waals surface area contributed by atoms with Crippen LogP contribution in [0, 0.1) is 12.8 Å². The topological polar surface area (TPSA) is 53.4 Å². The predicted octanol–water partition coefficient (Wildman–Crippen LogP) is 2.48.